The van der Waals surface area contributed by atoms with Crippen molar-refractivity contribution in [1.82, 2.24) is 5.06 Å². The fraction of sp³-hybridized carbons (Fsp3) is 0.588. The summed E-state index contributed by atoms with van der Waals surface area (Å²) in [4.78, 5) is 18.4. The smallest absolute Gasteiger partial charge is 0.368 e. The van der Waals surface area contributed by atoms with E-state index in [0.717, 1.165) is 6.07 Å². The van der Waals surface area contributed by atoms with Crippen LogP contribution >= 0.6 is 0 Å². The normalized spacial score (nSPS) is 17.1. The molecule has 2 rings (SSSR count). The molecule has 0 saturated carbocycles. The standard InChI is InChI=1S/C17H20F6N2O2/c1-15(2,3)14(26)27-25-8-6-24(7-9-25)13-5-4-11(16(18,19)20)10-12(13)17(21,22)23/h4-5,10H,6-9H2,1-3H3. The van der Waals surface area contributed by atoms with E-state index in [4.69, 9.17) is 4.84 Å². The zero-order valence-corrected chi connectivity index (χ0v) is 15.0. The zero-order chi connectivity index (χ0) is 20.6. The van der Waals surface area contributed by atoms with Crippen LogP contribution in [0.25, 0.3) is 0 Å². The van der Waals surface area contributed by atoms with Crippen LogP contribution in [-0.2, 0) is 22.0 Å². The molecule has 1 aromatic carbocycles. The van der Waals surface area contributed by atoms with Gasteiger partial charge in [-0.15, -0.1) is 5.06 Å². The van der Waals surface area contributed by atoms with E-state index in [9.17, 15) is 31.1 Å². The number of alkyl halides is 6. The van der Waals surface area contributed by atoms with Crippen molar-refractivity contribution in [2.24, 2.45) is 5.41 Å². The maximum atomic E-state index is 13.3. The van der Waals surface area contributed by atoms with Crippen LogP contribution in [0.5, 0.6) is 0 Å². The lowest BCUT2D eigenvalue weighted by molar-refractivity contribution is -0.201. The summed E-state index contributed by atoms with van der Waals surface area (Å²) in [6.07, 6.45) is -9.79. The molecule has 0 amide bonds. The molecule has 1 fully saturated rings. The quantitative estimate of drug-likeness (QED) is 0.694. The van der Waals surface area contributed by atoms with Gasteiger partial charge in [-0.25, -0.2) is 4.79 Å². The number of carbonyl (C=O) groups excluding carboxylic acids is 1. The highest BCUT2D eigenvalue weighted by Crippen LogP contribution is 2.40. The SMILES string of the molecule is CC(C)(C)C(=O)ON1CCN(c2ccc(C(F)(F)F)cc2C(F)(F)F)CC1. The van der Waals surface area contributed by atoms with E-state index in [-0.39, 0.29) is 37.9 Å². The monoisotopic (exact) mass is 398 g/mol. The fourth-order valence-corrected chi connectivity index (χ4v) is 2.49. The van der Waals surface area contributed by atoms with Gasteiger partial charge in [0.15, 0.2) is 0 Å². The molecule has 4 nitrogen and oxygen atoms in total. The van der Waals surface area contributed by atoms with Crippen molar-refractivity contribution in [3.63, 3.8) is 0 Å². The molecule has 1 saturated heterocycles. The van der Waals surface area contributed by atoms with Crippen LogP contribution in [0.15, 0.2) is 18.2 Å². The van der Waals surface area contributed by atoms with Crippen LogP contribution in [0.2, 0.25) is 0 Å². The maximum Gasteiger partial charge on any atom is 0.418 e. The predicted molar refractivity (Wildman–Crippen MR) is 85.8 cm³/mol. The molecule has 0 bridgehead atoms. The molecular weight excluding hydrogens is 378 g/mol. The van der Waals surface area contributed by atoms with Crippen LogP contribution in [0, 0.1) is 5.41 Å². The lowest BCUT2D eigenvalue weighted by atomic mass is 9.98. The lowest BCUT2D eigenvalue weighted by Crippen LogP contribution is -2.48. The number of hydroxylamine groups is 2. The minimum atomic E-state index is -4.92. The summed E-state index contributed by atoms with van der Waals surface area (Å²) in [5, 5.41) is 1.35. The van der Waals surface area contributed by atoms with E-state index in [2.05, 4.69) is 0 Å². The van der Waals surface area contributed by atoms with Crippen molar-refractivity contribution in [2.45, 2.75) is 33.1 Å². The molecule has 0 aromatic heterocycles. The Morgan fingerprint density at radius 2 is 1.48 bits per heavy atom. The van der Waals surface area contributed by atoms with Gasteiger partial charge in [0.1, 0.15) is 0 Å². The topological polar surface area (TPSA) is 32.8 Å². The van der Waals surface area contributed by atoms with Crippen LogP contribution in [0.1, 0.15) is 31.9 Å². The van der Waals surface area contributed by atoms with Crippen LogP contribution in [0.4, 0.5) is 32.0 Å². The van der Waals surface area contributed by atoms with Crippen LogP contribution < -0.4 is 4.90 Å². The number of benzene rings is 1. The highest BCUT2D eigenvalue weighted by Gasteiger charge is 2.39. The molecule has 1 heterocycles. The van der Waals surface area contributed by atoms with Crippen molar-refractivity contribution in [3.8, 4) is 0 Å². The number of rotatable bonds is 2. The molecule has 0 aliphatic carbocycles. The van der Waals surface area contributed by atoms with Gasteiger partial charge in [-0.3, -0.25) is 0 Å². The molecular formula is C17H20F6N2O2. The average molecular weight is 398 g/mol. The highest BCUT2D eigenvalue weighted by molar-refractivity contribution is 5.75. The van der Waals surface area contributed by atoms with Crippen molar-refractivity contribution in [2.75, 3.05) is 31.1 Å². The number of hydrogen-bond donors (Lipinski definition) is 0. The molecule has 0 atom stereocenters. The summed E-state index contributed by atoms with van der Waals surface area (Å²) in [7, 11) is 0. The summed E-state index contributed by atoms with van der Waals surface area (Å²) in [6, 6.07) is 1.60. The highest BCUT2D eigenvalue weighted by atomic mass is 19.4. The second-order valence-corrected chi connectivity index (χ2v) is 7.27. The fourth-order valence-electron chi connectivity index (χ4n) is 2.49. The molecule has 1 aliphatic heterocycles. The van der Waals surface area contributed by atoms with Crippen molar-refractivity contribution in [1.29, 1.82) is 0 Å². The third kappa shape index (κ3) is 5.27. The van der Waals surface area contributed by atoms with Gasteiger partial charge in [0.2, 0.25) is 0 Å². The molecule has 0 unspecified atom stereocenters. The molecule has 0 spiro atoms. The molecule has 10 heteroatoms. The second-order valence-electron chi connectivity index (χ2n) is 7.27. The molecule has 27 heavy (non-hydrogen) atoms. The van der Waals surface area contributed by atoms with Gasteiger partial charge in [-0.2, -0.15) is 26.3 Å². The van der Waals surface area contributed by atoms with Gasteiger partial charge in [0, 0.05) is 18.8 Å². The Balaban J connectivity index is 2.17. The number of hydrogen-bond acceptors (Lipinski definition) is 4. The second kappa shape index (κ2) is 7.21. The predicted octanol–water partition coefficient (Wildman–Crippen LogP) is 4.35. The molecule has 152 valence electrons. The van der Waals surface area contributed by atoms with E-state index in [0.29, 0.717) is 6.07 Å². The van der Waals surface area contributed by atoms with E-state index in [1.807, 2.05) is 0 Å². The van der Waals surface area contributed by atoms with Gasteiger partial charge in [0.25, 0.3) is 0 Å². The number of carbonyl (C=O) groups is 1. The zero-order valence-electron chi connectivity index (χ0n) is 15.0. The van der Waals surface area contributed by atoms with Gasteiger partial charge in [0.05, 0.1) is 29.6 Å². The molecule has 1 aromatic rings. The van der Waals surface area contributed by atoms with E-state index < -0.39 is 34.9 Å². The molecule has 0 radical (unpaired) electrons. The Morgan fingerprint density at radius 1 is 0.926 bits per heavy atom. The van der Waals surface area contributed by atoms with Crippen molar-refractivity contribution < 1.29 is 36.0 Å². The number of anilines is 1. The first kappa shape index (κ1) is 21.3. The van der Waals surface area contributed by atoms with Crippen LogP contribution in [-0.4, -0.2) is 37.2 Å². The van der Waals surface area contributed by atoms with Crippen molar-refractivity contribution in [3.05, 3.63) is 29.3 Å². The number of piperazine rings is 1. The minimum absolute atomic E-state index is 0.0753. The Hall–Kier alpha value is -1.97. The summed E-state index contributed by atoms with van der Waals surface area (Å²) in [6.45, 7) is 5.44. The minimum Gasteiger partial charge on any atom is -0.368 e. The average Bonchev–Trinajstić information content (AvgIpc) is 2.52. The van der Waals surface area contributed by atoms with Gasteiger partial charge in [-0.05, 0) is 39.0 Å². The Kier molecular flexibility index (Phi) is 5.70. The summed E-state index contributed by atoms with van der Waals surface area (Å²) < 4.78 is 78.1. The third-order valence-corrected chi connectivity index (χ3v) is 4.03. The van der Waals surface area contributed by atoms with Crippen LogP contribution in [0.3, 0.4) is 0 Å². The maximum absolute atomic E-state index is 13.3. The molecule has 0 N–H and O–H groups in total. The first-order valence-electron chi connectivity index (χ1n) is 8.20. The number of halogens is 6. The van der Waals surface area contributed by atoms with E-state index >= 15 is 0 Å². The third-order valence-electron chi connectivity index (χ3n) is 4.03. The summed E-state index contributed by atoms with van der Waals surface area (Å²) in [5.41, 5.74) is -3.74. The Bertz CT molecular complexity index is 686. The van der Waals surface area contributed by atoms with Gasteiger partial charge < -0.3 is 9.74 Å². The van der Waals surface area contributed by atoms with Gasteiger partial charge >= 0.3 is 18.3 Å². The summed E-state index contributed by atoms with van der Waals surface area (Å²) in [5.74, 6) is -0.471. The lowest BCUT2D eigenvalue weighted by Gasteiger charge is -2.36. The van der Waals surface area contributed by atoms with E-state index in [1.54, 1.807) is 20.8 Å². The van der Waals surface area contributed by atoms with Crippen molar-refractivity contribution >= 4 is 11.7 Å². The summed E-state index contributed by atoms with van der Waals surface area (Å²) >= 11 is 0. The Morgan fingerprint density at radius 3 is 1.93 bits per heavy atom. The van der Waals surface area contributed by atoms with Gasteiger partial charge in [-0.1, -0.05) is 0 Å². The first-order valence-corrected chi connectivity index (χ1v) is 8.20. The first-order chi connectivity index (χ1) is 12.2. The number of nitrogens with zero attached hydrogens (tertiary/aromatic N) is 2. The largest absolute Gasteiger partial charge is 0.418 e. The Labute approximate surface area is 152 Å². The van der Waals surface area contributed by atoms with E-state index in [1.165, 1.54) is 9.96 Å². The molecule has 1 aliphatic rings.